The van der Waals surface area contributed by atoms with Crippen LogP contribution < -0.4 is 4.90 Å². The van der Waals surface area contributed by atoms with Gasteiger partial charge < -0.3 is 13.7 Å². The Morgan fingerprint density at radius 1 is 0.403 bits per heavy atom. The fourth-order valence-corrected chi connectivity index (χ4v) is 12.5. The van der Waals surface area contributed by atoms with Gasteiger partial charge in [-0.15, -0.1) is 0 Å². The third-order valence-electron chi connectivity index (χ3n) is 16.2. The fraction of sp³-hybridized carbons (Fsp3) is 0.130. The van der Waals surface area contributed by atoms with Crippen LogP contribution in [0.5, 0.6) is 0 Å². The van der Waals surface area contributed by atoms with Gasteiger partial charge in [0.15, 0.2) is 0 Å². The molecule has 0 bridgehead atoms. The number of hydrogen-bond donors (Lipinski definition) is 0. The van der Waals surface area contributed by atoms with E-state index in [0.29, 0.717) is 0 Å². The Morgan fingerprint density at radius 2 is 0.903 bits per heavy atom. The summed E-state index contributed by atoms with van der Waals surface area (Å²) >= 11 is 0. The summed E-state index contributed by atoms with van der Waals surface area (Å²) in [6, 6.07) is 73.9. The van der Waals surface area contributed by atoms with Gasteiger partial charge in [-0.2, -0.15) is 0 Å². The van der Waals surface area contributed by atoms with E-state index in [1.807, 2.05) is 0 Å². The van der Waals surface area contributed by atoms with Crippen molar-refractivity contribution in [2.24, 2.45) is 0 Å². The van der Waals surface area contributed by atoms with Crippen LogP contribution in [0.25, 0.3) is 88.4 Å². The molecule has 0 N–H and O–H groups in total. The number of fused-ring (bicyclic) bond motifs is 14. The zero-order valence-electron chi connectivity index (χ0n) is 41.5. The topological polar surface area (TPSA) is 29.5 Å². The minimum atomic E-state index is -0.325. The second-order valence-corrected chi connectivity index (χ2v) is 21.4. The Balaban J connectivity index is 0.978. The van der Waals surface area contributed by atoms with Crippen LogP contribution in [0.1, 0.15) is 72.2 Å². The second kappa shape index (κ2) is 15.5. The lowest BCUT2D eigenvalue weighted by Gasteiger charge is -2.31. The first kappa shape index (κ1) is 42.5. The molecule has 0 aliphatic heterocycles. The first-order chi connectivity index (χ1) is 35.0. The summed E-state index contributed by atoms with van der Waals surface area (Å²) in [4.78, 5) is 2.51. The molecular formula is C69H53NO2. The zero-order valence-corrected chi connectivity index (χ0v) is 41.5. The van der Waals surface area contributed by atoms with Crippen molar-refractivity contribution in [2.75, 3.05) is 4.90 Å². The molecule has 3 heteroatoms. The van der Waals surface area contributed by atoms with Gasteiger partial charge in [0, 0.05) is 66.9 Å². The highest BCUT2D eigenvalue weighted by molar-refractivity contribution is 6.19. The molecule has 0 radical (unpaired) electrons. The van der Waals surface area contributed by atoms with Crippen molar-refractivity contribution in [1.29, 1.82) is 0 Å². The Bertz CT molecular complexity index is 4180. The van der Waals surface area contributed by atoms with Crippen molar-refractivity contribution in [3.63, 3.8) is 0 Å². The molecule has 10 aromatic carbocycles. The molecule has 346 valence electrons. The molecule has 2 heterocycles. The third kappa shape index (κ3) is 6.23. The first-order valence-electron chi connectivity index (χ1n) is 25.4. The van der Waals surface area contributed by atoms with E-state index in [9.17, 15) is 0 Å². The summed E-state index contributed by atoms with van der Waals surface area (Å²) in [6.45, 7) is 13.9. The molecule has 0 unspecified atom stereocenters. The van der Waals surface area contributed by atoms with Crippen molar-refractivity contribution in [3.05, 3.63) is 245 Å². The average molecular weight is 928 g/mol. The van der Waals surface area contributed by atoms with Crippen LogP contribution >= 0.6 is 0 Å². The second-order valence-electron chi connectivity index (χ2n) is 21.4. The molecule has 0 amide bonds. The normalized spacial score (nSPS) is 14.0. The summed E-state index contributed by atoms with van der Waals surface area (Å²) in [7, 11) is 0. The van der Waals surface area contributed by atoms with E-state index in [0.717, 1.165) is 67.7 Å². The first-order valence-corrected chi connectivity index (χ1v) is 25.4. The van der Waals surface area contributed by atoms with E-state index in [1.165, 1.54) is 88.7 Å². The van der Waals surface area contributed by atoms with Gasteiger partial charge in [0.25, 0.3) is 0 Å². The molecule has 14 rings (SSSR count). The van der Waals surface area contributed by atoms with Gasteiger partial charge >= 0.3 is 0 Å². The third-order valence-corrected chi connectivity index (χ3v) is 16.2. The van der Waals surface area contributed by atoms with E-state index in [2.05, 4.69) is 247 Å². The molecule has 0 fully saturated rings. The van der Waals surface area contributed by atoms with Crippen LogP contribution in [0.3, 0.4) is 0 Å². The SMILES string of the molecule is Cc1ccc(Cc2cc3c(c4c2oc2ccccc24)-c2ccc(N(c4ccc5c(c4)C(C)(C)c4cc(-c6ccc(C)cc6)c6oc7ccccc7c6c4-5)c4ccccc4-c4ccccc4)cc2C3(C)C)cc1. The number of nitrogens with zero attached hydrogens (tertiary/aromatic N) is 1. The van der Waals surface area contributed by atoms with Crippen LogP contribution in [0.4, 0.5) is 17.1 Å². The molecule has 0 atom stereocenters. The summed E-state index contributed by atoms with van der Waals surface area (Å²) in [6.07, 6.45) is 0.791. The standard InChI is InChI=1S/C69H53NO2/c1-41-24-28-43(29-25-41)36-46-37-57-62(64-52-19-11-14-22-60(52)71-66(46)64)50-34-32-47(38-55(50)68(57,3)4)70(59-21-13-10-18-49(59)44-16-8-7-9-17-44)48-33-35-51-56(39-48)69(5,6)58-40-54(45-30-26-42(2)27-31-45)67-65(63(51)58)53-20-12-15-23-61(53)72-67/h7-35,37-40H,36H2,1-6H3. The minimum absolute atomic E-state index is 0.310. The lowest BCUT2D eigenvalue weighted by atomic mass is 9.80. The average Bonchev–Trinajstić information content (AvgIpc) is 4.11. The van der Waals surface area contributed by atoms with Crippen molar-refractivity contribution < 1.29 is 8.83 Å². The molecule has 0 saturated carbocycles. The minimum Gasteiger partial charge on any atom is -0.456 e. The lowest BCUT2D eigenvalue weighted by Crippen LogP contribution is -2.18. The van der Waals surface area contributed by atoms with E-state index < -0.39 is 0 Å². The van der Waals surface area contributed by atoms with Crippen molar-refractivity contribution >= 4 is 60.9 Å². The predicted molar refractivity (Wildman–Crippen MR) is 300 cm³/mol. The largest absolute Gasteiger partial charge is 0.456 e. The number of furan rings is 2. The van der Waals surface area contributed by atoms with Crippen LogP contribution in [0, 0.1) is 13.8 Å². The van der Waals surface area contributed by atoms with Gasteiger partial charge in [-0.3, -0.25) is 0 Å². The maximum atomic E-state index is 6.86. The highest BCUT2D eigenvalue weighted by Crippen LogP contribution is 2.58. The molecule has 3 nitrogen and oxygen atoms in total. The van der Waals surface area contributed by atoms with Crippen molar-refractivity contribution in [1.82, 2.24) is 0 Å². The highest BCUT2D eigenvalue weighted by Gasteiger charge is 2.41. The van der Waals surface area contributed by atoms with Crippen molar-refractivity contribution in [2.45, 2.75) is 58.8 Å². The zero-order chi connectivity index (χ0) is 48.6. The number of anilines is 3. The molecule has 0 spiro atoms. The van der Waals surface area contributed by atoms with Crippen LogP contribution in [0.2, 0.25) is 0 Å². The fourth-order valence-electron chi connectivity index (χ4n) is 12.5. The van der Waals surface area contributed by atoms with E-state index >= 15 is 0 Å². The Labute approximate surface area is 420 Å². The van der Waals surface area contributed by atoms with Crippen molar-refractivity contribution in [3.8, 4) is 44.5 Å². The predicted octanol–water partition coefficient (Wildman–Crippen LogP) is 19.1. The van der Waals surface area contributed by atoms with Crippen LogP contribution in [-0.2, 0) is 17.3 Å². The quantitative estimate of drug-likeness (QED) is 0.159. The van der Waals surface area contributed by atoms with E-state index in [4.69, 9.17) is 8.83 Å². The Morgan fingerprint density at radius 3 is 1.53 bits per heavy atom. The highest BCUT2D eigenvalue weighted by atomic mass is 16.3. The number of rotatable bonds is 7. The van der Waals surface area contributed by atoms with Gasteiger partial charge in [-0.05, 0) is 124 Å². The lowest BCUT2D eigenvalue weighted by molar-refractivity contribution is 0.653. The van der Waals surface area contributed by atoms with E-state index in [1.54, 1.807) is 0 Å². The molecule has 2 aliphatic carbocycles. The smallest absolute Gasteiger partial charge is 0.143 e. The summed E-state index contributed by atoms with van der Waals surface area (Å²) in [5.74, 6) is 0. The summed E-state index contributed by atoms with van der Waals surface area (Å²) in [5, 5.41) is 4.70. The molecule has 0 saturated heterocycles. The Kier molecular flexibility index (Phi) is 9.17. The van der Waals surface area contributed by atoms with Gasteiger partial charge in [0.05, 0.1) is 5.69 Å². The maximum Gasteiger partial charge on any atom is 0.143 e. The summed E-state index contributed by atoms with van der Waals surface area (Å²) < 4.78 is 13.7. The summed E-state index contributed by atoms with van der Waals surface area (Å²) in [5.41, 5.74) is 26.4. The number of benzene rings is 10. The van der Waals surface area contributed by atoms with E-state index in [-0.39, 0.29) is 10.8 Å². The molecule has 72 heavy (non-hydrogen) atoms. The number of hydrogen-bond acceptors (Lipinski definition) is 3. The van der Waals surface area contributed by atoms with Crippen LogP contribution in [-0.4, -0.2) is 0 Å². The monoisotopic (exact) mass is 927 g/mol. The van der Waals surface area contributed by atoms with Gasteiger partial charge in [-0.1, -0.05) is 190 Å². The number of para-hydroxylation sites is 3. The molecule has 2 aliphatic rings. The maximum absolute atomic E-state index is 6.86. The van der Waals surface area contributed by atoms with Gasteiger partial charge in [-0.25, -0.2) is 0 Å². The molecule has 2 aromatic heterocycles. The number of aryl methyl sites for hydroxylation is 2. The molecular weight excluding hydrogens is 875 g/mol. The van der Waals surface area contributed by atoms with Gasteiger partial charge in [0.2, 0.25) is 0 Å². The van der Waals surface area contributed by atoms with Crippen LogP contribution in [0.15, 0.2) is 209 Å². The Hall–Kier alpha value is -8.40. The molecule has 12 aromatic rings. The van der Waals surface area contributed by atoms with Gasteiger partial charge in [0.1, 0.15) is 22.3 Å².